The molecule has 0 radical (unpaired) electrons. The van der Waals surface area contributed by atoms with Crippen molar-refractivity contribution in [2.45, 2.75) is 0 Å². The van der Waals surface area contributed by atoms with E-state index in [1.54, 1.807) is 12.1 Å². The largest absolute Gasteiger partial charge is 0.291 e. The van der Waals surface area contributed by atoms with Gasteiger partial charge in [-0.05, 0) is 12.1 Å². The van der Waals surface area contributed by atoms with Gasteiger partial charge in [-0.25, -0.2) is 0 Å². The highest BCUT2D eigenvalue weighted by Gasteiger charge is 2.04. The second-order valence-corrected chi connectivity index (χ2v) is 2.91. The first-order valence-corrected chi connectivity index (χ1v) is 4.44. The van der Waals surface area contributed by atoms with Crippen LogP contribution in [0.15, 0.2) is 18.3 Å². The lowest BCUT2D eigenvalue weighted by Crippen LogP contribution is -2.01. The van der Waals surface area contributed by atoms with Gasteiger partial charge in [0.05, 0.1) is 5.33 Å². The minimum Gasteiger partial charge on any atom is -0.291 e. The van der Waals surface area contributed by atoms with Gasteiger partial charge in [0.25, 0.3) is 0 Å². The summed E-state index contributed by atoms with van der Waals surface area (Å²) in [5.74, 6) is -0.0625. The minimum absolute atomic E-state index is 0.0625. The van der Waals surface area contributed by atoms with Crippen LogP contribution < -0.4 is 0 Å². The average molecular weight is 234 g/mol. The molecule has 58 valence electrons. The number of rotatable bonds is 2. The van der Waals surface area contributed by atoms with Gasteiger partial charge in [0.15, 0.2) is 5.78 Å². The van der Waals surface area contributed by atoms with E-state index in [1.165, 1.54) is 6.20 Å². The van der Waals surface area contributed by atoms with Crippen LogP contribution in [0.25, 0.3) is 0 Å². The highest BCUT2D eigenvalue weighted by Crippen LogP contribution is 2.08. The zero-order valence-electron chi connectivity index (χ0n) is 5.55. The van der Waals surface area contributed by atoms with Gasteiger partial charge in [0, 0.05) is 11.2 Å². The van der Waals surface area contributed by atoms with Crippen molar-refractivity contribution in [1.29, 1.82) is 0 Å². The Morgan fingerprint density at radius 3 is 3.00 bits per heavy atom. The number of pyridine rings is 1. The average Bonchev–Trinajstić information content (AvgIpc) is 2.03. The molecule has 0 spiro atoms. The van der Waals surface area contributed by atoms with E-state index in [2.05, 4.69) is 20.9 Å². The third kappa shape index (κ3) is 2.27. The number of alkyl halides is 1. The summed E-state index contributed by atoms with van der Waals surface area (Å²) in [5, 5.41) is 0.810. The van der Waals surface area contributed by atoms with Gasteiger partial charge in [0.2, 0.25) is 0 Å². The fraction of sp³-hybridized carbons (Fsp3) is 0.143. The quantitative estimate of drug-likeness (QED) is 0.581. The highest BCUT2D eigenvalue weighted by atomic mass is 79.9. The zero-order chi connectivity index (χ0) is 8.27. The van der Waals surface area contributed by atoms with E-state index in [-0.39, 0.29) is 11.1 Å². The summed E-state index contributed by atoms with van der Waals surface area (Å²) >= 11 is 8.68. The van der Waals surface area contributed by atoms with E-state index in [0.29, 0.717) is 10.7 Å². The van der Waals surface area contributed by atoms with Crippen LogP contribution in [0, 0.1) is 0 Å². The maximum Gasteiger partial charge on any atom is 0.191 e. The first-order valence-electron chi connectivity index (χ1n) is 2.95. The summed E-state index contributed by atoms with van der Waals surface area (Å²) in [6.45, 7) is 0. The van der Waals surface area contributed by atoms with Crippen molar-refractivity contribution in [3.05, 3.63) is 29.0 Å². The standard InChI is InChI=1S/C7H5BrClNO/c8-4-7(11)6-3-5(9)1-2-10-6/h1-3H,4H2. The fourth-order valence-electron chi connectivity index (χ4n) is 0.626. The Morgan fingerprint density at radius 2 is 2.45 bits per heavy atom. The molecule has 0 atom stereocenters. The van der Waals surface area contributed by atoms with E-state index in [1.807, 2.05) is 0 Å². The molecule has 1 aromatic heterocycles. The van der Waals surface area contributed by atoms with E-state index in [4.69, 9.17) is 11.6 Å². The van der Waals surface area contributed by atoms with Crippen LogP contribution in [-0.4, -0.2) is 16.1 Å². The molecule has 11 heavy (non-hydrogen) atoms. The SMILES string of the molecule is O=C(CBr)c1cc(Cl)ccn1. The predicted molar refractivity (Wildman–Crippen MR) is 47.4 cm³/mol. The molecule has 1 rings (SSSR count). The van der Waals surface area contributed by atoms with Gasteiger partial charge in [-0.3, -0.25) is 9.78 Å². The molecule has 0 amide bonds. The molecule has 0 unspecified atom stereocenters. The van der Waals surface area contributed by atoms with Crippen molar-refractivity contribution >= 4 is 33.3 Å². The number of carbonyl (C=O) groups excluding carboxylic acids is 1. The third-order valence-electron chi connectivity index (χ3n) is 1.13. The van der Waals surface area contributed by atoms with Crippen molar-refractivity contribution in [3.8, 4) is 0 Å². The lowest BCUT2D eigenvalue weighted by Gasteiger charge is -1.94. The van der Waals surface area contributed by atoms with Gasteiger partial charge in [-0.2, -0.15) is 0 Å². The van der Waals surface area contributed by atoms with E-state index < -0.39 is 0 Å². The number of aromatic nitrogens is 1. The molecule has 0 aliphatic carbocycles. The molecule has 0 bridgehead atoms. The number of hydrogen-bond acceptors (Lipinski definition) is 2. The lowest BCUT2D eigenvalue weighted by molar-refractivity contribution is 0.101. The van der Waals surface area contributed by atoms with Crippen LogP contribution in [0.4, 0.5) is 0 Å². The molecule has 0 fully saturated rings. The Hall–Kier alpha value is -0.410. The summed E-state index contributed by atoms with van der Waals surface area (Å²) in [7, 11) is 0. The predicted octanol–water partition coefficient (Wildman–Crippen LogP) is 2.31. The van der Waals surface area contributed by atoms with E-state index in [9.17, 15) is 4.79 Å². The van der Waals surface area contributed by atoms with Crippen molar-refractivity contribution in [2.75, 3.05) is 5.33 Å². The number of Topliss-reactive ketones (excluding diaryl/α,β-unsaturated/α-hetero) is 1. The van der Waals surface area contributed by atoms with Gasteiger partial charge >= 0.3 is 0 Å². The zero-order valence-corrected chi connectivity index (χ0v) is 7.89. The van der Waals surface area contributed by atoms with Crippen LogP contribution in [0.3, 0.4) is 0 Å². The molecular formula is C7H5BrClNO. The van der Waals surface area contributed by atoms with Crippen LogP contribution in [0.5, 0.6) is 0 Å². The molecular weight excluding hydrogens is 229 g/mol. The fourth-order valence-corrected chi connectivity index (χ4v) is 1.07. The molecule has 1 heterocycles. The first-order chi connectivity index (χ1) is 5.24. The van der Waals surface area contributed by atoms with Crippen LogP contribution in [0.2, 0.25) is 5.02 Å². The smallest absolute Gasteiger partial charge is 0.191 e. The number of halogens is 2. The van der Waals surface area contributed by atoms with Gasteiger partial charge < -0.3 is 0 Å². The molecule has 4 heteroatoms. The number of nitrogens with zero attached hydrogens (tertiary/aromatic N) is 1. The molecule has 1 aromatic rings. The topological polar surface area (TPSA) is 30.0 Å². The Balaban J connectivity index is 2.96. The molecule has 0 aliphatic rings. The van der Waals surface area contributed by atoms with Crippen molar-refractivity contribution in [1.82, 2.24) is 4.98 Å². The van der Waals surface area contributed by atoms with E-state index >= 15 is 0 Å². The van der Waals surface area contributed by atoms with Crippen LogP contribution in [-0.2, 0) is 0 Å². The Bertz CT molecular complexity index is 277. The van der Waals surface area contributed by atoms with E-state index in [0.717, 1.165) is 0 Å². The first kappa shape index (κ1) is 8.68. The molecule has 2 nitrogen and oxygen atoms in total. The monoisotopic (exact) mass is 233 g/mol. The van der Waals surface area contributed by atoms with Crippen molar-refractivity contribution < 1.29 is 4.79 Å². The molecule has 0 aromatic carbocycles. The van der Waals surface area contributed by atoms with Crippen molar-refractivity contribution in [3.63, 3.8) is 0 Å². The van der Waals surface area contributed by atoms with Crippen LogP contribution in [0.1, 0.15) is 10.5 Å². The molecule has 0 aliphatic heterocycles. The highest BCUT2D eigenvalue weighted by molar-refractivity contribution is 9.09. The Labute approximate surface area is 77.7 Å². The van der Waals surface area contributed by atoms with Gasteiger partial charge in [0.1, 0.15) is 5.69 Å². The molecule has 0 N–H and O–H groups in total. The summed E-state index contributed by atoms with van der Waals surface area (Å²) in [5.41, 5.74) is 0.398. The van der Waals surface area contributed by atoms with Crippen LogP contribution >= 0.6 is 27.5 Å². The Morgan fingerprint density at radius 1 is 1.73 bits per heavy atom. The molecule has 0 saturated carbocycles. The minimum atomic E-state index is -0.0625. The van der Waals surface area contributed by atoms with Crippen molar-refractivity contribution in [2.24, 2.45) is 0 Å². The van der Waals surface area contributed by atoms with Gasteiger partial charge in [-0.15, -0.1) is 0 Å². The Kier molecular flexibility index (Phi) is 3.02. The molecule has 0 saturated heterocycles. The second-order valence-electron chi connectivity index (χ2n) is 1.92. The summed E-state index contributed by atoms with van der Waals surface area (Å²) in [4.78, 5) is 14.8. The normalized spacial score (nSPS) is 9.64. The second kappa shape index (κ2) is 3.83. The summed E-state index contributed by atoms with van der Waals surface area (Å²) < 4.78 is 0. The maximum absolute atomic E-state index is 11.0. The summed E-state index contributed by atoms with van der Waals surface area (Å²) in [6, 6.07) is 3.18. The van der Waals surface area contributed by atoms with Gasteiger partial charge in [-0.1, -0.05) is 27.5 Å². The summed E-state index contributed by atoms with van der Waals surface area (Å²) in [6.07, 6.45) is 1.51. The number of ketones is 1. The maximum atomic E-state index is 11.0. The number of hydrogen-bond donors (Lipinski definition) is 0. The third-order valence-corrected chi connectivity index (χ3v) is 1.87. The number of carbonyl (C=O) groups is 1. The lowest BCUT2D eigenvalue weighted by atomic mass is 10.3.